The van der Waals surface area contributed by atoms with Gasteiger partial charge in [0, 0.05) is 24.6 Å². The van der Waals surface area contributed by atoms with Gasteiger partial charge in [-0.3, -0.25) is 9.59 Å². The molecule has 1 atom stereocenters. The van der Waals surface area contributed by atoms with E-state index in [1.54, 1.807) is 48.5 Å². The van der Waals surface area contributed by atoms with Crippen LogP contribution in [0.5, 0.6) is 0 Å². The first-order valence-corrected chi connectivity index (χ1v) is 7.08. The number of nitrogens with one attached hydrogen (secondary N) is 1. The number of aliphatic hydroxyl groups is 1. The van der Waals surface area contributed by atoms with Crippen LogP contribution in [0.1, 0.15) is 28.4 Å². The zero-order valence-electron chi connectivity index (χ0n) is 12.7. The van der Waals surface area contributed by atoms with Crippen molar-refractivity contribution in [2.75, 3.05) is 7.05 Å². The molecule has 114 valence electrons. The Morgan fingerprint density at radius 1 is 1.05 bits per heavy atom. The third-order valence-corrected chi connectivity index (χ3v) is 3.55. The molecule has 2 aromatic rings. The summed E-state index contributed by atoms with van der Waals surface area (Å²) >= 11 is 0. The molecule has 0 aliphatic rings. The third-order valence-electron chi connectivity index (χ3n) is 3.55. The maximum absolute atomic E-state index is 12.6. The van der Waals surface area contributed by atoms with E-state index in [4.69, 9.17) is 0 Å². The van der Waals surface area contributed by atoms with Gasteiger partial charge in [0.1, 0.15) is 5.60 Å². The SMILES string of the molecule is CNC(=O)C(C)(O)Cc1ccccc1C(=O)c1ccccc1. The van der Waals surface area contributed by atoms with Crippen molar-refractivity contribution in [1.29, 1.82) is 0 Å². The quantitative estimate of drug-likeness (QED) is 0.829. The average molecular weight is 297 g/mol. The van der Waals surface area contributed by atoms with Crippen LogP contribution in [-0.4, -0.2) is 29.4 Å². The Bertz CT molecular complexity index is 678. The molecule has 0 saturated carbocycles. The molecule has 2 rings (SSSR count). The molecule has 0 spiro atoms. The van der Waals surface area contributed by atoms with Gasteiger partial charge < -0.3 is 10.4 Å². The van der Waals surface area contributed by atoms with Gasteiger partial charge in [0.15, 0.2) is 5.78 Å². The van der Waals surface area contributed by atoms with Crippen molar-refractivity contribution < 1.29 is 14.7 Å². The Morgan fingerprint density at radius 2 is 1.64 bits per heavy atom. The van der Waals surface area contributed by atoms with E-state index >= 15 is 0 Å². The van der Waals surface area contributed by atoms with Crippen LogP contribution in [0.3, 0.4) is 0 Å². The van der Waals surface area contributed by atoms with Crippen molar-refractivity contribution in [3.63, 3.8) is 0 Å². The van der Waals surface area contributed by atoms with Crippen molar-refractivity contribution in [1.82, 2.24) is 5.32 Å². The summed E-state index contributed by atoms with van der Waals surface area (Å²) < 4.78 is 0. The van der Waals surface area contributed by atoms with E-state index in [1.807, 2.05) is 6.07 Å². The van der Waals surface area contributed by atoms with E-state index in [2.05, 4.69) is 5.32 Å². The number of carbonyl (C=O) groups excluding carboxylic acids is 2. The molecule has 22 heavy (non-hydrogen) atoms. The van der Waals surface area contributed by atoms with Crippen LogP contribution in [0.25, 0.3) is 0 Å². The van der Waals surface area contributed by atoms with E-state index < -0.39 is 11.5 Å². The fourth-order valence-electron chi connectivity index (χ4n) is 2.36. The summed E-state index contributed by atoms with van der Waals surface area (Å²) in [5.74, 6) is -0.599. The van der Waals surface area contributed by atoms with E-state index in [-0.39, 0.29) is 12.2 Å². The summed E-state index contributed by atoms with van der Waals surface area (Å²) in [5.41, 5.74) is 0.152. The minimum atomic E-state index is -1.57. The van der Waals surface area contributed by atoms with Crippen LogP contribution < -0.4 is 5.32 Å². The number of benzene rings is 2. The Kier molecular flexibility index (Phi) is 4.73. The van der Waals surface area contributed by atoms with Crippen LogP contribution in [0.2, 0.25) is 0 Å². The number of rotatable bonds is 5. The maximum atomic E-state index is 12.6. The molecule has 0 aliphatic carbocycles. The molecule has 1 unspecified atom stereocenters. The number of amides is 1. The smallest absolute Gasteiger partial charge is 0.251 e. The van der Waals surface area contributed by atoms with Gasteiger partial charge in [0.25, 0.3) is 5.91 Å². The molecule has 0 aromatic heterocycles. The highest BCUT2D eigenvalue weighted by molar-refractivity contribution is 6.10. The first-order chi connectivity index (χ1) is 10.5. The topological polar surface area (TPSA) is 66.4 Å². The Balaban J connectivity index is 2.36. The van der Waals surface area contributed by atoms with Gasteiger partial charge in [-0.05, 0) is 12.5 Å². The molecule has 0 radical (unpaired) electrons. The lowest BCUT2D eigenvalue weighted by atomic mass is 9.89. The van der Waals surface area contributed by atoms with Crippen molar-refractivity contribution >= 4 is 11.7 Å². The zero-order valence-corrected chi connectivity index (χ0v) is 12.7. The van der Waals surface area contributed by atoms with Gasteiger partial charge in [-0.2, -0.15) is 0 Å². The monoisotopic (exact) mass is 297 g/mol. The second-order valence-corrected chi connectivity index (χ2v) is 5.38. The van der Waals surface area contributed by atoms with Gasteiger partial charge in [0.2, 0.25) is 0 Å². The first kappa shape index (κ1) is 15.9. The largest absolute Gasteiger partial charge is 0.380 e. The summed E-state index contributed by atoms with van der Waals surface area (Å²) in [4.78, 5) is 24.4. The zero-order chi connectivity index (χ0) is 16.2. The number of likely N-dealkylation sites (N-methyl/N-ethyl adjacent to an activating group) is 1. The fraction of sp³-hybridized carbons (Fsp3) is 0.222. The Labute approximate surface area is 129 Å². The van der Waals surface area contributed by atoms with E-state index in [1.165, 1.54) is 14.0 Å². The van der Waals surface area contributed by atoms with Crippen molar-refractivity contribution in [3.05, 3.63) is 71.3 Å². The normalized spacial score (nSPS) is 13.2. The first-order valence-electron chi connectivity index (χ1n) is 7.08. The lowest BCUT2D eigenvalue weighted by molar-refractivity contribution is -0.137. The highest BCUT2D eigenvalue weighted by atomic mass is 16.3. The van der Waals surface area contributed by atoms with Crippen molar-refractivity contribution in [3.8, 4) is 0 Å². The van der Waals surface area contributed by atoms with Crippen molar-refractivity contribution in [2.45, 2.75) is 18.9 Å². The summed E-state index contributed by atoms with van der Waals surface area (Å²) in [7, 11) is 1.47. The lowest BCUT2D eigenvalue weighted by Gasteiger charge is -2.22. The molecule has 0 bridgehead atoms. The molecule has 0 aliphatic heterocycles. The van der Waals surface area contributed by atoms with Gasteiger partial charge in [0.05, 0.1) is 0 Å². The number of hydrogen-bond donors (Lipinski definition) is 2. The Hall–Kier alpha value is -2.46. The number of carbonyl (C=O) groups is 2. The second-order valence-electron chi connectivity index (χ2n) is 5.38. The maximum Gasteiger partial charge on any atom is 0.251 e. The highest BCUT2D eigenvalue weighted by Gasteiger charge is 2.31. The molecule has 2 aromatic carbocycles. The van der Waals surface area contributed by atoms with Crippen LogP contribution in [-0.2, 0) is 11.2 Å². The minimum absolute atomic E-state index is 0.0709. The highest BCUT2D eigenvalue weighted by Crippen LogP contribution is 2.20. The van der Waals surface area contributed by atoms with Gasteiger partial charge in [-0.1, -0.05) is 54.6 Å². The molecule has 4 heteroatoms. The molecule has 2 N–H and O–H groups in total. The van der Waals surface area contributed by atoms with Crippen LogP contribution in [0.4, 0.5) is 0 Å². The second kappa shape index (κ2) is 6.54. The molecule has 1 amide bonds. The van der Waals surface area contributed by atoms with Crippen LogP contribution in [0.15, 0.2) is 54.6 Å². The minimum Gasteiger partial charge on any atom is -0.380 e. The van der Waals surface area contributed by atoms with E-state index in [0.29, 0.717) is 16.7 Å². The number of hydrogen-bond acceptors (Lipinski definition) is 3. The van der Waals surface area contributed by atoms with Crippen LogP contribution in [0, 0.1) is 0 Å². The standard InChI is InChI=1S/C18H19NO3/c1-18(22,17(21)19-2)12-14-10-6-7-11-15(14)16(20)13-8-4-3-5-9-13/h3-11,22H,12H2,1-2H3,(H,19,21). The molecular formula is C18H19NO3. The van der Waals surface area contributed by atoms with E-state index in [9.17, 15) is 14.7 Å². The summed E-state index contributed by atoms with van der Waals surface area (Å²) in [5, 5.41) is 12.7. The summed E-state index contributed by atoms with van der Waals surface area (Å²) in [6.07, 6.45) is 0.0709. The third kappa shape index (κ3) is 3.40. The van der Waals surface area contributed by atoms with Crippen molar-refractivity contribution in [2.24, 2.45) is 0 Å². The summed E-state index contributed by atoms with van der Waals surface area (Å²) in [6.45, 7) is 1.44. The predicted molar refractivity (Wildman–Crippen MR) is 84.7 cm³/mol. The lowest BCUT2D eigenvalue weighted by Crippen LogP contribution is -2.44. The number of ketones is 1. The van der Waals surface area contributed by atoms with Gasteiger partial charge in [-0.15, -0.1) is 0 Å². The average Bonchev–Trinajstić information content (AvgIpc) is 2.54. The fourth-order valence-corrected chi connectivity index (χ4v) is 2.36. The summed E-state index contributed by atoms with van der Waals surface area (Å²) in [6, 6.07) is 16.0. The molecule has 0 fully saturated rings. The van der Waals surface area contributed by atoms with E-state index in [0.717, 1.165) is 0 Å². The van der Waals surface area contributed by atoms with Crippen LogP contribution >= 0.6 is 0 Å². The molecule has 4 nitrogen and oxygen atoms in total. The molecule has 0 heterocycles. The van der Waals surface area contributed by atoms with Gasteiger partial charge in [-0.25, -0.2) is 0 Å². The molecule has 0 saturated heterocycles. The Morgan fingerprint density at radius 3 is 2.27 bits per heavy atom. The van der Waals surface area contributed by atoms with Gasteiger partial charge >= 0.3 is 0 Å². The predicted octanol–water partition coefficient (Wildman–Crippen LogP) is 1.96. The molecular weight excluding hydrogens is 278 g/mol.